The smallest absolute Gasteiger partial charge is 0.144 e. The maximum Gasteiger partial charge on any atom is 0.144 e. The van der Waals surface area contributed by atoms with Gasteiger partial charge in [-0.15, -0.1) is 0 Å². The monoisotopic (exact) mass is 317 g/mol. The number of nitrogens with one attached hydrogen (secondary N) is 1. The third-order valence-corrected chi connectivity index (χ3v) is 5.23. The number of rotatable bonds is 3. The maximum atomic E-state index is 13.8. The first-order chi connectivity index (χ1) is 11.2. The molecule has 1 atom stereocenters. The Hall–Kier alpha value is -1.64. The summed E-state index contributed by atoms with van der Waals surface area (Å²) in [6.07, 6.45) is 5.95. The molecule has 0 aromatic heterocycles. The lowest BCUT2D eigenvalue weighted by atomic mass is 9.79. The molecule has 0 unspecified atom stereocenters. The van der Waals surface area contributed by atoms with Gasteiger partial charge in [0, 0.05) is 37.8 Å². The van der Waals surface area contributed by atoms with Gasteiger partial charge in [0.2, 0.25) is 0 Å². The third-order valence-electron chi connectivity index (χ3n) is 5.23. The zero-order chi connectivity index (χ0) is 16.2. The van der Waals surface area contributed by atoms with Crippen LogP contribution in [-0.2, 0) is 0 Å². The van der Waals surface area contributed by atoms with Crippen LogP contribution >= 0.6 is 0 Å². The number of nitrogens with zero attached hydrogens (tertiary/aromatic N) is 2. The number of phenolic OH excluding ortho intramolecular Hbond substituents is 1. The average Bonchev–Trinajstić information content (AvgIpc) is 2.60. The summed E-state index contributed by atoms with van der Waals surface area (Å²) in [6.45, 7) is 3.69. The summed E-state index contributed by atoms with van der Waals surface area (Å²) < 4.78 is 13.8. The van der Waals surface area contributed by atoms with E-state index < -0.39 is 5.82 Å². The summed E-state index contributed by atoms with van der Waals surface area (Å²) in [5.74, 6) is -0.345. The van der Waals surface area contributed by atoms with Crippen LogP contribution in [0.4, 0.5) is 4.39 Å². The van der Waals surface area contributed by atoms with Crippen molar-refractivity contribution in [1.82, 2.24) is 10.2 Å². The number of piperazine rings is 1. The number of hydrogen-bond donors (Lipinski definition) is 2. The van der Waals surface area contributed by atoms with E-state index in [9.17, 15) is 9.50 Å². The molecule has 2 N–H and O–H groups in total. The van der Waals surface area contributed by atoms with Gasteiger partial charge in [-0.3, -0.25) is 4.90 Å². The zero-order valence-electron chi connectivity index (χ0n) is 13.4. The summed E-state index contributed by atoms with van der Waals surface area (Å²) in [5.41, 5.74) is 0.496. The number of halogens is 1. The summed E-state index contributed by atoms with van der Waals surface area (Å²) in [7, 11) is 0. The van der Waals surface area contributed by atoms with Crippen LogP contribution in [0.25, 0.3) is 0 Å². The predicted molar refractivity (Wildman–Crippen MR) is 86.5 cm³/mol. The highest BCUT2D eigenvalue weighted by Gasteiger charge is 2.33. The van der Waals surface area contributed by atoms with E-state index in [4.69, 9.17) is 5.26 Å². The highest BCUT2D eigenvalue weighted by Crippen LogP contribution is 2.42. The molecule has 1 aromatic carbocycles. The number of nitriles is 1. The molecule has 23 heavy (non-hydrogen) atoms. The Bertz CT molecular complexity index is 569. The van der Waals surface area contributed by atoms with Gasteiger partial charge in [0.25, 0.3) is 0 Å². The Balaban J connectivity index is 1.99. The molecule has 0 amide bonds. The van der Waals surface area contributed by atoms with E-state index >= 15 is 0 Å². The normalized spacial score (nSPS) is 21.7. The average molecular weight is 317 g/mol. The van der Waals surface area contributed by atoms with E-state index in [1.54, 1.807) is 6.07 Å². The van der Waals surface area contributed by atoms with Gasteiger partial charge in [-0.2, -0.15) is 5.26 Å². The van der Waals surface area contributed by atoms with Crippen LogP contribution in [0.5, 0.6) is 5.75 Å². The minimum atomic E-state index is -0.642. The maximum absolute atomic E-state index is 13.8. The number of aromatic hydroxyl groups is 1. The highest BCUT2D eigenvalue weighted by atomic mass is 19.1. The van der Waals surface area contributed by atoms with Crippen molar-refractivity contribution in [3.05, 3.63) is 29.1 Å². The van der Waals surface area contributed by atoms with Crippen molar-refractivity contribution in [2.45, 2.75) is 38.1 Å². The van der Waals surface area contributed by atoms with Crippen molar-refractivity contribution < 1.29 is 9.50 Å². The number of benzene rings is 1. The van der Waals surface area contributed by atoms with Crippen molar-refractivity contribution in [1.29, 1.82) is 5.26 Å². The molecule has 1 aliphatic carbocycles. The second-order valence-electron chi connectivity index (χ2n) is 6.60. The van der Waals surface area contributed by atoms with Gasteiger partial charge < -0.3 is 10.4 Å². The second-order valence-corrected chi connectivity index (χ2v) is 6.60. The summed E-state index contributed by atoms with van der Waals surface area (Å²) in [5, 5.41) is 23.0. The van der Waals surface area contributed by atoms with Crippen LogP contribution in [0.15, 0.2) is 12.1 Å². The number of phenols is 1. The van der Waals surface area contributed by atoms with E-state index in [0.717, 1.165) is 44.6 Å². The fourth-order valence-electron chi connectivity index (χ4n) is 4.09. The first-order valence-corrected chi connectivity index (χ1v) is 8.58. The van der Waals surface area contributed by atoms with E-state index in [1.165, 1.54) is 25.3 Å². The molecule has 0 radical (unpaired) electrons. The topological polar surface area (TPSA) is 59.3 Å². The van der Waals surface area contributed by atoms with E-state index in [-0.39, 0.29) is 17.4 Å². The molecule has 4 nitrogen and oxygen atoms in total. The quantitative estimate of drug-likeness (QED) is 0.900. The van der Waals surface area contributed by atoms with Gasteiger partial charge in [-0.05, 0) is 24.8 Å². The van der Waals surface area contributed by atoms with Gasteiger partial charge in [0.1, 0.15) is 23.2 Å². The van der Waals surface area contributed by atoms with Crippen LogP contribution in [-0.4, -0.2) is 36.2 Å². The third kappa shape index (κ3) is 3.34. The van der Waals surface area contributed by atoms with Crippen LogP contribution in [0.3, 0.4) is 0 Å². The van der Waals surface area contributed by atoms with Crippen LogP contribution in [0.2, 0.25) is 0 Å². The molecule has 1 saturated carbocycles. The Morgan fingerprint density at radius 3 is 2.57 bits per heavy atom. The summed E-state index contributed by atoms with van der Waals surface area (Å²) >= 11 is 0. The lowest BCUT2D eigenvalue weighted by molar-refractivity contribution is 0.101. The Labute approximate surface area is 136 Å². The van der Waals surface area contributed by atoms with E-state index in [1.807, 2.05) is 6.07 Å². The Kier molecular flexibility index (Phi) is 5.14. The van der Waals surface area contributed by atoms with Gasteiger partial charge in [0.05, 0.1) is 0 Å². The van der Waals surface area contributed by atoms with Crippen molar-refractivity contribution in [2.24, 2.45) is 5.92 Å². The lowest BCUT2D eigenvalue weighted by Gasteiger charge is -2.41. The van der Waals surface area contributed by atoms with E-state index in [0.29, 0.717) is 5.92 Å². The second kappa shape index (κ2) is 7.29. The molecule has 2 fully saturated rings. The molecule has 1 aromatic rings. The summed E-state index contributed by atoms with van der Waals surface area (Å²) in [4.78, 5) is 2.39. The molecule has 1 heterocycles. The van der Waals surface area contributed by atoms with Gasteiger partial charge in [-0.1, -0.05) is 25.3 Å². The number of hydrogen-bond acceptors (Lipinski definition) is 4. The fourth-order valence-corrected chi connectivity index (χ4v) is 4.09. The SMILES string of the molecule is N#Cc1c(F)ccc([C@@H](C2CCCCC2)N2CCNCC2)c1O. The molecular weight excluding hydrogens is 293 g/mol. The minimum absolute atomic E-state index is 0.0742. The Morgan fingerprint density at radius 1 is 1.22 bits per heavy atom. The van der Waals surface area contributed by atoms with Crippen molar-refractivity contribution in [2.75, 3.05) is 26.2 Å². The zero-order valence-corrected chi connectivity index (χ0v) is 13.4. The van der Waals surface area contributed by atoms with Crippen LogP contribution in [0.1, 0.15) is 49.3 Å². The highest BCUT2D eigenvalue weighted by molar-refractivity contribution is 5.50. The molecular formula is C18H24FN3O. The van der Waals surface area contributed by atoms with Crippen molar-refractivity contribution in [3.8, 4) is 11.8 Å². The minimum Gasteiger partial charge on any atom is -0.506 e. The standard InChI is InChI=1S/C18H24FN3O/c19-16-7-6-14(18(23)15(16)12-20)17(13-4-2-1-3-5-13)22-10-8-21-9-11-22/h6-7,13,17,21,23H,1-5,8-11H2/t17-/m1/s1. The van der Waals surface area contributed by atoms with E-state index in [2.05, 4.69) is 10.2 Å². The van der Waals surface area contributed by atoms with Crippen LogP contribution in [0, 0.1) is 23.1 Å². The molecule has 1 aliphatic heterocycles. The molecule has 124 valence electrons. The first-order valence-electron chi connectivity index (χ1n) is 8.58. The fraction of sp³-hybridized carbons (Fsp3) is 0.611. The van der Waals surface area contributed by atoms with Gasteiger partial charge >= 0.3 is 0 Å². The van der Waals surface area contributed by atoms with Crippen molar-refractivity contribution in [3.63, 3.8) is 0 Å². The lowest BCUT2D eigenvalue weighted by Crippen LogP contribution is -2.47. The van der Waals surface area contributed by atoms with Crippen molar-refractivity contribution >= 4 is 0 Å². The molecule has 1 saturated heterocycles. The molecule has 3 rings (SSSR count). The molecule has 2 aliphatic rings. The Morgan fingerprint density at radius 2 is 1.91 bits per heavy atom. The van der Waals surface area contributed by atoms with Gasteiger partial charge in [0.15, 0.2) is 0 Å². The predicted octanol–water partition coefficient (Wildman–Crippen LogP) is 2.93. The molecule has 0 spiro atoms. The molecule has 5 heteroatoms. The van der Waals surface area contributed by atoms with Crippen LogP contribution < -0.4 is 5.32 Å². The summed E-state index contributed by atoms with van der Waals surface area (Å²) in [6, 6.07) is 4.88. The largest absolute Gasteiger partial charge is 0.506 e. The molecule has 0 bridgehead atoms. The first kappa shape index (κ1) is 16.2. The van der Waals surface area contributed by atoms with Gasteiger partial charge in [-0.25, -0.2) is 4.39 Å².